The molecule has 0 unspecified atom stereocenters. The second-order valence-electron chi connectivity index (χ2n) is 3.28. The van der Waals surface area contributed by atoms with Gasteiger partial charge in [-0.3, -0.25) is 0 Å². The predicted octanol–water partition coefficient (Wildman–Crippen LogP) is 1.69. The van der Waals surface area contributed by atoms with Crippen LogP contribution in [-0.4, -0.2) is 14.8 Å². The van der Waals surface area contributed by atoms with E-state index in [9.17, 15) is 0 Å². The summed E-state index contributed by atoms with van der Waals surface area (Å²) in [7, 11) is 0. The van der Waals surface area contributed by atoms with E-state index in [1.807, 2.05) is 19.1 Å². The Balaban J connectivity index is 2.48. The quantitative estimate of drug-likeness (QED) is 0.841. The largest absolute Gasteiger partial charge is 0.326 e. The molecule has 0 aliphatic heterocycles. The third-order valence-corrected chi connectivity index (χ3v) is 2.22. The molecule has 2 aromatic heterocycles. The minimum Gasteiger partial charge on any atom is -0.326 e. The lowest BCUT2D eigenvalue weighted by Crippen LogP contribution is -2.03. The second-order valence-corrected chi connectivity index (χ2v) is 3.72. The number of rotatable bonds is 2. The molecule has 0 aromatic carbocycles. The van der Waals surface area contributed by atoms with Gasteiger partial charge in [-0.05, 0) is 24.6 Å². The van der Waals surface area contributed by atoms with Crippen LogP contribution in [0, 0.1) is 6.92 Å². The number of nitrogens with zero attached hydrogens (tertiary/aromatic N) is 3. The summed E-state index contributed by atoms with van der Waals surface area (Å²) >= 11 is 5.79. The number of halogens is 1. The standard InChI is InChI=1S/C10H11ClN4/c1-7-2-8(4-12)3-10(14-7)15-6-9(11)5-13-15/h2-3,5-6H,4,12H2,1H3. The van der Waals surface area contributed by atoms with E-state index in [0.717, 1.165) is 17.1 Å². The lowest BCUT2D eigenvalue weighted by Gasteiger charge is -2.04. The Hall–Kier alpha value is -1.39. The van der Waals surface area contributed by atoms with Gasteiger partial charge in [0.2, 0.25) is 0 Å². The molecule has 2 heterocycles. The zero-order valence-corrected chi connectivity index (χ0v) is 9.07. The van der Waals surface area contributed by atoms with Crippen LogP contribution in [0.15, 0.2) is 24.5 Å². The van der Waals surface area contributed by atoms with Crippen LogP contribution in [-0.2, 0) is 6.54 Å². The first kappa shape index (κ1) is 10.1. The molecule has 0 saturated carbocycles. The van der Waals surface area contributed by atoms with Crippen molar-refractivity contribution < 1.29 is 0 Å². The molecule has 0 atom stereocenters. The monoisotopic (exact) mass is 222 g/mol. The lowest BCUT2D eigenvalue weighted by molar-refractivity contribution is 0.834. The van der Waals surface area contributed by atoms with Gasteiger partial charge in [-0.15, -0.1) is 0 Å². The molecule has 0 spiro atoms. The van der Waals surface area contributed by atoms with Crippen LogP contribution in [0.25, 0.3) is 5.82 Å². The molecular weight excluding hydrogens is 212 g/mol. The van der Waals surface area contributed by atoms with Gasteiger partial charge >= 0.3 is 0 Å². The average molecular weight is 223 g/mol. The molecule has 15 heavy (non-hydrogen) atoms. The van der Waals surface area contributed by atoms with Crippen molar-refractivity contribution in [3.8, 4) is 5.82 Å². The molecule has 2 N–H and O–H groups in total. The van der Waals surface area contributed by atoms with Crippen LogP contribution in [0.1, 0.15) is 11.3 Å². The number of hydrogen-bond acceptors (Lipinski definition) is 3. The van der Waals surface area contributed by atoms with Crippen molar-refractivity contribution in [3.63, 3.8) is 0 Å². The average Bonchev–Trinajstić information content (AvgIpc) is 2.64. The van der Waals surface area contributed by atoms with Crippen molar-refractivity contribution in [2.24, 2.45) is 5.73 Å². The highest BCUT2D eigenvalue weighted by Crippen LogP contribution is 2.12. The summed E-state index contributed by atoms with van der Waals surface area (Å²) in [4.78, 5) is 4.35. The van der Waals surface area contributed by atoms with Crippen LogP contribution >= 0.6 is 11.6 Å². The molecule has 0 saturated heterocycles. The number of hydrogen-bond donors (Lipinski definition) is 1. The fourth-order valence-corrected chi connectivity index (χ4v) is 1.52. The molecule has 0 aliphatic carbocycles. The minimum absolute atomic E-state index is 0.491. The number of nitrogens with two attached hydrogens (primary N) is 1. The van der Waals surface area contributed by atoms with Crippen molar-refractivity contribution in [1.82, 2.24) is 14.8 Å². The molecule has 0 radical (unpaired) electrons. The summed E-state index contributed by atoms with van der Waals surface area (Å²) in [5.41, 5.74) is 7.54. The zero-order chi connectivity index (χ0) is 10.8. The molecule has 5 heteroatoms. The van der Waals surface area contributed by atoms with Gasteiger partial charge in [0.1, 0.15) is 0 Å². The van der Waals surface area contributed by atoms with Crippen LogP contribution < -0.4 is 5.73 Å². The van der Waals surface area contributed by atoms with Crippen molar-refractivity contribution in [2.45, 2.75) is 13.5 Å². The molecule has 78 valence electrons. The van der Waals surface area contributed by atoms with Crippen LogP contribution in [0.4, 0.5) is 0 Å². The molecule has 2 aromatic rings. The van der Waals surface area contributed by atoms with Gasteiger partial charge in [-0.1, -0.05) is 11.6 Å². The first-order valence-electron chi connectivity index (χ1n) is 4.57. The fraction of sp³-hybridized carbons (Fsp3) is 0.200. The van der Waals surface area contributed by atoms with Crippen LogP contribution in [0.5, 0.6) is 0 Å². The van der Waals surface area contributed by atoms with E-state index in [1.165, 1.54) is 0 Å². The summed E-state index contributed by atoms with van der Waals surface area (Å²) in [5.74, 6) is 0.738. The zero-order valence-electron chi connectivity index (χ0n) is 8.31. The number of pyridine rings is 1. The maximum atomic E-state index is 5.79. The summed E-state index contributed by atoms with van der Waals surface area (Å²) in [5, 5.41) is 4.67. The number of aryl methyl sites for hydroxylation is 1. The van der Waals surface area contributed by atoms with Crippen molar-refractivity contribution >= 4 is 11.6 Å². The summed E-state index contributed by atoms with van der Waals surface area (Å²) < 4.78 is 1.63. The molecule has 0 amide bonds. The van der Waals surface area contributed by atoms with Crippen molar-refractivity contribution in [1.29, 1.82) is 0 Å². The second kappa shape index (κ2) is 4.00. The summed E-state index contributed by atoms with van der Waals surface area (Å²) in [6.45, 7) is 2.42. The van der Waals surface area contributed by atoms with E-state index in [1.54, 1.807) is 17.1 Å². The van der Waals surface area contributed by atoms with Crippen LogP contribution in [0.2, 0.25) is 5.02 Å². The highest BCUT2D eigenvalue weighted by molar-refractivity contribution is 6.30. The fourth-order valence-electron chi connectivity index (χ4n) is 1.38. The number of aromatic nitrogens is 3. The van der Waals surface area contributed by atoms with Gasteiger partial charge in [0, 0.05) is 12.2 Å². The normalized spacial score (nSPS) is 10.6. The predicted molar refractivity (Wildman–Crippen MR) is 59.0 cm³/mol. The van der Waals surface area contributed by atoms with Gasteiger partial charge in [-0.25, -0.2) is 9.67 Å². The smallest absolute Gasteiger partial charge is 0.153 e. The molecule has 0 fully saturated rings. The Morgan fingerprint density at radius 3 is 2.87 bits per heavy atom. The van der Waals surface area contributed by atoms with Crippen molar-refractivity contribution in [2.75, 3.05) is 0 Å². The first-order valence-corrected chi connectivity index (χ1v) is 4.95. The Kier molecular flexibility index (Phi) is 2.70. The van der Waals surface area contributed by atoms with E-state index < -0.39 is 0 Å². The van der Waals surface area contributed by atoms with E-state index in [4.69, 9.17) is 17.3 Å². The maximum Gasteiger partial charge on any atom is 0.153 e. The van der Waals surface area contributed by atoms with Crippen LogP contribution in [0.3, 0.4) is 0 Å². The molecular formula is C10H11ClN4. The third-order valence-electron chi connectivity index (χ3n) is 2.02. The lowest BCUT2D eigenvalue weighted by atomic mass is 10.2. The Labute approximate surface area is 92.7 Å². The topological polar surface area (TPSA) is 56.7 Å². The minimum atomic E-state index is 0.491. The van der Waals surface area contributed by atoms with Gasteiger partial charge in [0.15, 0.2) is 5.82 Å². The molecule has 0 bridgehead atoms. The molecule has 0 aliphatic rings. The maximum absolute atomic E-state index is 5.79. The Morgan fingerprint density at radius 2 is 2.27 bits per heavy atom. The van der Waals surface area contributed by atoms with E-state index in [0.29, 0.717) is 11.6 Å². The highest BCUT2D eigenvalue weighted by Gasteiger charge is 2.03. The Morgan fingerprint density at radius 1 is 1.47 bits per heavy atom. The van der Waals surface area contributed by atoms with Crippen molar-refractivity contribution in [3.05, 3.63) is 40.8 Å². The van der Waals surface area contributed by atoms with Gasteiger partial charge in [-0.2, -0.15) is 5.10 Å². The SMILES string of the molecule is Cc1cc(CN)cc(-n2cc(Cl)cn2)n1. The van der Waals surface area contributed by atoms with E-state index in [-0.39, 0.29) is 0 Å². The van der Waals surface area contributed by atoms with Gasteiger partial charge in [0.05, 0.1) is 17.4 Å². The summed E-state index contributed by atoms with van der Waals surface area (Å²) in [6, 6.07) is 3.85. The molecule has 4 nitrogen and oxygen atoms in total. The summed E-state index contributed by atoms with van der Waals surface area (Å²) in [6.07, 6.45) is 3.29. The van der Waals surface area contributed by atoms with E-state index >= 15 is 0 Å². The first-order chi connectivity index (χ1) is 7.19. The molecule has 2 rings (SSSR count). The third kappa shape index (κ3) is 2.16. The van der Waals surface area contributed by atoms with E-state index in [2.05, 4.69) is 10.1 Å². The Bertz CT molecular complexity index is 478. The van der Waals surface area contributed by atoms with Gasteiger partial charge in [0.25, 0.3) is 0 Å². The van der Waals surface area contributed by atoms with Gasteiger partial charge < -0.3 is 5.73 Å². The highest BCUT2D eigenvalue weighted by atomic mass is 35.5.